The molecule has 2 saturated carbocycles. The van der Waals surface area contributed by atoms with E-state index in [1.165, 1.54) is 12.8 Å². The highest BCUT2D eigenvalue weighted by atomic mass is 16.2. The minimum Gasteiger partial charge on any atom is -0.352 e. The number of rotatable bonds is 2. The monoisotopic (exact) mass is 399 g/mol. The Bertz CT molecular complexity index is 682. The van der Waals surface area contributed by atoms with Gasteiger partial charge in [0, 0.05) is 45.1 Å². The van der Waals surface area contributed by atoms with Crippen LogP contribution in [0.1, 0.15) is 51.9 Å². The molecule has 2 N–H and O–H groups in total. The van der Waals surface area contributed by atoms with Crippen molar-refractivity contribution in [3.63, 3.8) is 0 Å². The maximum Gasteiger partial charge on any atom is 0.221 e. The van der Waals surface area contributed by atoms with Crippen molar-refractivity contribution in [2.45, 2.75) is 57.9 Å². The molecule has 5 nitrogen and oxygen atoms in total. The summed E-state index contributed by atoms with van der Waals surface area (Å²) in [6.07, 6.45) is 8.34. The van der Waals surface area contributed by atoms with Crippen LogP contribution in [0.2, 0.25) is 0 Å². The van der Waals surface area contributed by atoms with Gasteiger partial charge in [0.05, 0.1) is 0 Å². The number of hydrogen-bond acceptors (Lipinski definition) is 3. The van der Waals surface area contributed by atoms with Crippen molar-refractivity contribution in [3.8, 4) is 0 Å². The second-order valence-electron chi connectivity index (χ2n) is 9.37. The fraction of sp³-hybridized carbons (Fsp3) is 0.667. The van der Waals surface area contributed by atoms with E-state index in [2.05, 4.69) is 48.3 Å². The Morgan fingerprint density at radius 2 is 1.59 bits per heavy atom. The average Bonchev–Trinajstić information content (AvgIpc) is 3.55. The Hall–Kier alpha value is -1.88. The van der Waals surface area contributed by atoms with Gasteiger partial charge in [0.1, 0.15) is 0 Å². The summed E-state index contributed by atoms with van der Waals surface area (Å²) in [6.45, 7) is 17.4. The van der Waals surface area contributed by atoms with Crippen LogP contribution in [0.3, 0.4) is 0 Å². The highest BCUT2D eigenvalue weighted by molar-refractivity contribution is 5.77. The standard InChI is InChI=1S/C24H37N3O2/c1-5-24(4)11-8-19-14-21(24)18(3)16-26-23(29)10-13-27(20-6-7-20)12-9-22(28)25-15-17(19)2/h5,19-21H,1-3,6-16H2,4H3,(H,25,28)(H,26,29)/t19-,21+,24-/m1/s1. The predicted octanol–water partition coefficient (Wildman–Crippen LogP) is 3.20. The van der Waals surface area contributed by atoms with Crippen molar-refractivity contribution >= 4 is 11.8 Å². The van der Waals surface area contributed by atoms with Gasteiger partial charge in [-0.15, -0.1) is 6.58 Å². The number of allylic oxidation sites excluding steroid dienone is 1. The molecule has 0 radical (unpaired) electrons. The average molecular weight is 400 g/mol. The van der Waals surface area contributed by atoms with Crippen LogP contribution < -0.4 is 10.6 Å². The zero-order chi connectivity index (χ0) is 21.0. The Labute approximate surface area is 175 Å². The van der Waals surface area contributed by atoms with E-state index in [1.54, 1.807) is 0 Å². The Morgan fingerprint density at radius 3 is 2.14 bits per heavy atom. The first-order valence-electron chi connectivity index (χ1n) is 11.1. The van der Waals surface area contributed by atoms with E-state index in [9.17, 15) is 9.59 Å². The quantitative estimate of drug-likeness (QED) is 0.701. The molecule has 3 aliphatic rings. The fourth-order valence-corrected chi connectivity index (χ4v) is 4.85. The van der Waals surface area contributed by atoms with Crippen molar-refractivity contribution in [2.24, 2.45) is 17.3 Å². The third kappa shape index (κ3) is 5.59. The molecule has 0 aromatic heterocycles. The number of amides is 2. The second-order valence-corrected chi connectivity index (χ2v) is 9.37. The summed E-state index contributed by atoms with van der Waals surface area (Å²) in [5, 5.41) is 6.14. The number of carbonyl (C=O) groups excluding carboxylic acids is 2. The van der Waals surface area contributed by atoms with Crippen molar-refractivity contribution in [1.82, 2.24) is 15.5 Å². The molecule has 5 heteroatoms. The molecule has 1 heterocycles. The lowest BCUT2D eigenvalue weighted by atomic mass is 9.61. The van der Waals surface area contributed by atoms with Gasteiger partial charge < -0.3 is 10.6 Å². The maximum absolute atomic E-state index is 12.4. The zero-order valence-electron chi connectivity index (χ0n) is 18.0. The van der Waals surface area contributed by atoms with E-state index >= 15 is 0 Å². The van der Waals surface area contributed by atoms with Gasteiger partial charge in [-0.1, -0.05) is 37.3 Å². The largest absolute Gasteiger partial charge is 0.352 e. The van der Waals surface area contributed by atoms with E-state index in [4.69, 9.17) is 0 Å². The normalized spacial score (nSPS) is 33.7. The van der Waals surface area contributed by atoms with Gasteiger partial charge in [0.2, 0.25) is 11.8 Å². The van der Waals surface area contributed by atoms with Crippen molar-refractivity contribution in [3.05, 3.63) is 37.0 Å². The molecule has 3 fully saturated rings. The summed E-state index contributed by atoms with van der Waals surface area (Å²) < 4.78 is 0. The minimum atomic E-state index is -0.0178. The molecule has 2 bridgehead atoms. The summed E-state index contributed by atoms with van der Waals surface area (Å²) in [6, 6.07) is 0.534. The number of nitrogens with one attached hydrogen (secondary N) is 2. The van der Waals surface area contributed by atoms with Gasteiger partial charge in [-0.25, -0.2) is 0 Å². The number of hydrogen-bond donors (Lipinski definition) is 2. The Balaban J connectivity index is 1.73. The number of nitrogens with zero attached hydrogens (tertiary/aromatic N) is 1. The fourth-order valence-electron chi connectivity index (χ4n) is 4.85. The molecule has 2 aliphatic carbocycles. The predicted molar refractivity (Wildman–Crippen MR) is 117 cm³/mol. The van der Waals surface area contributed by atoms with E-state index < -0.39 is 0 Å². The van der Waals surface area contributed by atoms with Gasteiger partial charge in [-0.2, -0.15) is 0 Å². The summed E-state index contributed by atoms with van der Waals surface area (Å²) >= 11 is 0. The van der Waals surface area contributed by atoms with Crippen LogP contribution >= 0.6 is 0 Å². The van der Waals surface area contributed by atoms with E-state index in [0.717, 1.165) is 30.4 Å². The van der Waals surface area contributed by atoms with Crippen LogP contribution in [-0.4, -0.2) is 48.9 Å². The topological polar surface area (TPSA) is 61.4 Å². The van der Waals surface area contributed by atoms with Crippen LogP contribution in [0.15, 0.2) is 37.0 Å². The van der Waals surface area contributed by atoms with Crippen LogP contribution in [0, 0.1) is 17.3 Å². The maximum atomic E-state index is 12.4. The molecule has 160 valence electrons. The van der Waals surface area contributed by atoms with Gasteiger partial charge in [0.15, 0.2) is 0 Å². The molecule has 3 atom stereocenters. The van der Waals surface area contributed by atoms with Gasteiger partial charge in [0.25, 0.3) is 0 Å². The lowest BCUT2D eigenvalue weighted by molar-refractivity contribution is -0.121. The lowest BCUT2D eigenvalue weighted by Gasteiger charge is -2.44. The van der Waals surface area contributed by atoms with Gasteiger partial charge >= 0.3 is 0 Å². The van der Waals surface area contributed by atoms with Crippen LogP contribution in [0.25, 0.3) is 0 Å². The highest BCUT2D eigenvalue weighted by Crippen LogP contribution is 2.48. The Morgan fingerprint density at radius 1 is 1.00 bits per heavy atom. The molecule has 0 aromatic rings. The van der Waals surface area contributed by atoms with Crippen LogP contribution in [-0.2, 0) is 9.59 Å². The van der Waals surface area contributed by atoms with Crippen molar-refractivity contribution < 1.29 is 9.59 Å². The van der Waals surface area contributed by atoms with E-state index in [1.807, 2.05) is 0 Å². The van der Waals surface area contributed by atoms with Crippen LogP contribution in [0.5, 0.6) is 0 Å². The molecule has 3 rings (SSSR count). The van der Waals surface area contributed by atoms with Gasteiger partial charge in [-0.05, 0) is 49.4 Å². The first-order chi connectivity index (χ1) is 13.8. The van der Waals surface area contributed by atoms with Gasteiger partial charge in [-0.3, -0.25) is 14.5 Å². The molecule has 29 heavy (non-hydrogen) atoms. The van der Waals surface area contributed by atoms with E-state index in [0.29, 0.717) is 51.0 Å². The number of carbonyl (C=O) groups is 2. The zero-order valence-corrected chi connectivity index (χ0v) is 18.0. The molecule has 1 aliphatic heterocycles. The molecule has 2 amide bonds. The lowest BCUT2D eigenvalue weighted by Crippen LogP contribution is -2.40. The summed E-state index contributed by atoms with van der Waals surface area (Å²) in [5.41, 5.74) is 2.14. The molecule has 0 spiro atoms. The molecule has 0 aromatic carbocycles. The van der Waals surface area contributed by atoms with Crippen LogP contribution in [0.4, 0.5) is 0 Å². The highest BCUT2D eigenvalue weighted by Gasteiger charge is 2.40. The third-order valence-corrected chi connectivity index (χ3v) is 7.22. The Kier molecular flexibility index (Phi) is 6.99. The third-order valence-electron chi connectivity index (χ3n) is 7.22. The molecular formula is C24H37N3O2. The summed E-state index contributed by atoms with van der Waals surface area (Å²) in [5.74, 6) is 0.741. The summed E-state index contributed by atoms with van der Waals surface area (Å²) in [4.78, 5) is 27.1. The van der Waals surface area contributed by atoms with Crippen molar-refractivity contribution in [2.75, 3.05) is 26.2 Å². The smallest absolute Gasteiger partial charge is 0.221 e. The summed E-state index contributed by atoms with van der Waals surface area (Å²) in [7, 11) is 0. The molecule has 0 unspecified atom stereocenters. The molecular weight excluding hydrogens is 362 g/mol. The second kappa shape index (κ2) is 9.29. The molecule has 1 saturated heterocycles. The van der Waals surface area contributed by atoms with Crippen molar-refractivity contribution in [1.29, 1.82) is 0 Å². The number of fused-ring (bicyclic) bond motifs is 2. The first kappa shape index (κ1) is 21.8. The SMILES string of the molecule is C=C[C@]1(C)CC[C@@H]2C[C@H]1C(=C)CNC(=O)CCN(C1CC1)CCC(=O)NCC2=C. The van der Waals surface area contributed by atoms with E-state index in [-0.39, 0.29) is 23.1 Å². The first-order valence-corrected chi connectivity index (χ1v) is 11.1. The minimum absolute atomic E-state index is 0.0178.